The zero-order chi connectivity index (χ0) is 15.7. The lowest BCUT2D eigenvalue weighted by atomic mass is 9.85. The zero-order valence-corrected chi connectivity index (χ0v) is 12.8. The molecule has 0 spiro atoms. The summed E-state index contributed by atoms with van der Waals surface area (Å²) in [6.45, 7) is 5.87. The van der Waals surface area contributed by atoms with Gasteiger partial charge in [0.1, 0.15) is 5.41 Å². The van der Waals surface area contributed by atoms with Gasteiger partial charge in [-0.2, -0.15) is 0 Å². The van der Waals surface area contributed by atoms with Gasteiger partial charge in [0, 0.05) is 19.8 Å². The van der Waals surface area contributed by atoms with Gasteiger partial charge in [0.2, 0.25) is 0 Å². The van der Waals surface area contributed by atoms with E-state index >= 15 is 0 Å². The van der Waals surface area contributed by atoms with Gasteiger partial charge >= 0.3 is 12.0 Å². The van der Waals surface area contributed by atoms with Gasteiger partial charge in [-0.25, -0.2) is 4.79 Å². The molecule has 1 aliphatic heterocycles. The van der Waals surface area contributed by atoms with E-state index in [0.29, 0.717) is 13.2 Å². The van der Waals surface area contributed by atoms with E-state index in [9.17, 15) is 14.7 Å². The Kier molecular flexibility index (Phi) is 7.45. The summed E-state index contributed by atoms with van der Waals surface area (Å²) in [4.78, 5) is 23.0. The fourth-order valence-corrected chi connectivity index (χ4v) is 2.02. The minimum absolute atomic E-state index is 0.110. The monoisotopic (exact) mass is 302 g/mol. The van der Waals surface area contributed by atoms with Crippen LogP contribution < -0.4 is 10.6 Å². The summed E-state index contributed by atoms with van der Waals surface area (Å²) in [6.07, 6.45) is 2.88. The van der Waals surface area contributed by atoms with Crippen LogP contribution in [0.4, 0.5) is 4.79 Å². The summed E-state index contributed by atoms with van der Waals surface area (Å²) in [5, 5.41) is 14.6. The predicted octanol–water partition coefficient (Wildman–Crippen LogP) is 0.982. The number of urea groups is 1. The molecule has 0 aromatic rings. The quantitative estimate of drug-likeness (QED) is 0.552. The molecule has 0 radical (unpaired) electrons. The highest BCUT2D eigenvalue weighted by molar-refractivity contribution is 5.79. The van der Waals surface area contributed by atoms with Gasteiger partial charge in [-0.3, -0.25) is 4.79 Å². The third-order valence-corrected chi connectivity index (χ3v) is 3.64. The van der Waals surface area contributed by atoms with Crippen molar-refractivity contribution >= 4 is 12.0 Å². The largest absolute Gasteiger partial charge is 0.481 e. The Morgan fingerprint density at radius 3 is 2.76 bits per heavy atom. The van der Waals surface area contributed by atoms with Gasteiger partial charge in [0.05, 0.1) is 19.3 Å². The lowest BCUT2D eigenvalue weighted by molar-refractivity contribution is -0.148. The van der Waals surface area contributed by atoms with Crippen LogP contribution in [-0.4, -0.2) is 56.1 Å². The second kappa shape index (κ2) is 8.84. The van der Waals surface area contributed by atoms with Crippen LogP contribution in [0.25, 0.3) is 0 Å². The average molecular weight is 302 g/mol. The number of rotatable bonds is 9. The van der Waals surface area contributed by atoms with Crippen molar-refractivity contribution < 1.29 is 24.2 Å². The van der Waals surface area contributed by atoms with E-state index in [2.05, 4.69) is 17.6 Å². The minimum Gasteiger partial charge on any atom is -0.481 e. The van der Waals surface area contributed by atoms with Crippen molar-refractivity contribution in [3.8, 4) is 0 Å². The van der Waals surface area contributed by atoms with Crippen LogP contribution in [0.3, 0.4) is 0 Å². The SMILES string of the molecule is CCCCOCCCNC(=O)NC1COCC1(C)C(=O)O. The Labute approximate surface area is 125 Å². The Bertz CT molecular complexity index is 350. The molecule has 0 aliphatic carbocycles. The molecular formula is C14H26N2O5. The number of carbonyl (C=O) groups excluding carboxylic acids is 1. The molecule has 3 N–H and O–H groups in total. The molecule has 2 amide bonds. The van der Waals surface area contributed by atoms with E-state index < -0.39 is 17.4 Å². The topological polar surface area (TPSA) is 96.9 Å². The third kappa shape index (κ3) is 5.51. The first-order valence-electron chi connectivity index (χ1n) is 7.44. The Balaban J connectivity index is 2.17. The van der Waals surface area contributed by atoms with Gasteiger partial charge in [0.25, 0.3) is 0 Å². The number of amides is 2. The van der Waals surface area contributed by atoms with Crippen molar-refractivity contribution in [1.29, 1.82) is 0 Å². The Morgan fingerprint density at radius 2 is 2.10 bits per heavy atom. The minimum atomic E-state index is -1.07. The summed E-state index contributed by atoms with van der Waals surface area (Å²) >= 11 is 0. The number of carboxylic acids is 1. The average Bonchev–Trinajstić information content (AvgIpc) is 2.80. The molecule has 7 nitrogen and oxygen atoms in total. The van der Waals surface area contributed by atoms with E-state index in [1.807, 2.05) is 0 Å². The highest BCUT2D eigenvalue weighted by atomic mass is 16.5. The maximum atomic E-state index is 11.7. The molecule has 0 aromatic carbocycles. The van der Waals surface area contributed by atoms with E-state index in [1.54, 1.807) is 6.92 Å². The van der Waals surface area contributed by atoms with Crippen LogP contribution in [-0.2, 0) is 14.3 Å². The van der Waals surface area contributed by atoms with Crippen LogP contribution in [0.2, 0.25) is 0 Å². The molecule has 122 valence electrons. The van der Waals surface area contributed by atoms with E-state index in [0.717, 1.165) is 25.9 Å². The lowest BCUT2D eigenvalue weighted by Gasteiger charge is -2.25. The van der Waals surface area contributed by atoms with Crippen LogP contribution in [0.5, 0.6) is 0 Å². The number of unbranched alkanes of at least 4 members (excludes halogenated alkanes) is 1. The Hall–Kier alpha value is -1.34. The zero-order valence-electron chi connectivity index (χ0n) is 12.8. The first-order valence-corrected chi connectivity index (χ1v) is 7.44. The number of hydrogen-bond donors (Lipinski definition) is 3. The molecule has 0 bridgehead atoms. The van der Waals surface area contributed by atoms with Gasteiger partial charge in [-0.1, -0.05) is 13.3 Å². The van der Waals surface area contributed by atoms with E-state index in [-0.39, 0.29) is 19.2 Å². The third-order valence-electron chi connectivity index (χ3n) is 3.64. The molecule has 1 saturated heterocycles. The second-order valence-electron chi connectivity index (χ2n) is 5.51. The standard InChI is InChI=1S/C14H26N2O5/c1-3-4-7-20-8-5-6-15-13(19)16-11-9-21-10-14(11,2)12(17)18/h11H,3-10H2,1-2H3,(H,17,18)(H2,15,16,19). The van der Waals surface area contributed by atoms with Crippen LogP contribution in [0.1, 0.15) is 33.1 Å². The number of nitrogens with one attached hydrogen (secondary N) is 2. The number of carbonyl (C=O) groups is 2. The van der Waals surface area contributed by atoms with E-state index in [4.69, 9.17) is 9.47 Å². The van der Waals surface area contributed by atoms with Gasteiger partial charge in [0.15, 0.2) is 0 Å². The van der Waals surface area contributed by atoms with Crippen molar-refractivity contribution in [2.24, 2.45) is 5.41 Å². The highest BCUT2D eigenvalue weighted by Crippen LogP contribution is 2.28. The molecule has 7 heteroatoms. The molecule has 2 unspecified atom stereocenters. The molecular weight excluding hydrogens is 276 g/mol. The molecule has 1 aliphatic rings. The lowest BCUT2D eigenvalue weighted by Crippen LogP contribution is -2.52. The molecule has 1 heterocycles. The normalized spacial score (nSPS) is 24.8. The molecule has 0 aromatic heterocycles. The molecule has 0 saturated carbocycles. The van der Waals surface area contributed by atoms with E-state index in [1.165, 1.54) is 0 Å². The van der Waals surface area contributed by atoms with Crippen molar-refractivity contribution in [2.45, 2.75) is 39.2 Å². The Morgan fingerprint density at radius 1 is 1.38 bits per heavy atom. The number of carboxylic acid groups (broad SMARTS) is 1. The molecule has 2 atom stereocenters. The molecule has 1 rings (SSSR count). The maximum Gasteiger partial charge on any atom is 0.315 e. The number of aliphatic carboxylic acids is 1. The van der Waals surface area contributed by atoms with Gasteiger partial charge in [-0.05, 0) is 19.8 Å². The molecule has 21 heavy (non-hydrogen) atoms. The summed E-state index contributed by atoms with van der Waals surface area (Å²) in [6, 6.07) is -0.887. The van der Waals surface area contributed by atoms with Crippen molar-refractivity contribution in [1.82, 2.24) is 10.6 Å². The maximum absolute atomic E-state index is 11.7. The smallest absolute Gasteiger partial charge is 0.315 e. The van der Waals surface area contributed by atoms with Crippen LogP contribution >= 0.6 is 0 Å². The number of hydrogen-bond acceptors (Lipinski definition) is 4. The van der Waals surface area contributed by atoms with Crippen LogP contribution in [0.15, 0.2) is 0 Å². The summed E-state index contributed by atoms with van der Waals surface area (Å²) in [5.41, 5.74) is -1.07. The van der Waals surface area contributed by atoms with Crippen LogP contribution in [0, 0.1) is 5.41 Å². The summed E-state index contributed by atoms with van der Waals surface area (Å²) in [5.74, 6) is -0.963. The number of ether oxygens (including phenoxy) is 2. The van der Waals surface area contributed by atoms with Crippen molar-refractivity contribution in [3.63, 3.8) is 0 Å². The van der Waals surface area contributed by atoms with Crippen molar-refractivity contribution in [2.75, 3.05) is 33.0 Å². The first-order chi connectivity index (χ1) is 10.0. The van der Waals surface area contributed by atoms with Gasteiger partial charge in [-0.15, -0.1) is 0 Å². The van der Waals surface area contributed by atoms with Gasteiger partial charge < -0.3 is 25.2 Å². The van der Waals surface area contributed by atoms with Crippen molar-refractivity contribution in [3.05, 3.63) is 0 Å². The summed E-state index contributed by atoms with van der Waals surface area (Å²) < 4.78 is 10.6. The second-order valence-corrected chi connectivity index (χ2v) is 5.51. The fourth-order valence-electron chi connectivity index (χ4n) is 2.02. The first kappa shape index (κ1) is 17.7. The fraction of sp³-hybridized carbons (Fsp3) is 0.857. The summed E-state index contributed by atoms with van der Waals surface area (Å²) in [7, 11) is 0. The predicted molar refractivity (Wildman–Crippen MR) is 77.2 cm³/mol. The highest BCUT2D eigenvalue weighted by Gasteiger charge is 2.47. The molecule has 1 fully saturated rings.